The standard InChI is InChI=1S/C9H18F3N3O/c1-6(2)15(5-9(10,11)12)7(3)4-8(16)14-13/h6-7H,4-5,13H2,1-3H3,(H,14,16). The highest BCUT2D eigenvalue weighted by atomic mass is 19.4. The Morgan fingerprint density at radius 3 is 2.19 bits per heavy atom. The Bertz CT molecular complexity index is 231. The normalized spacial score (nSPS) is 14.3. The second-order valence-corrected chi connectivity index (χ2v) is 4.00. The maximum atomic E-state index is 12.3. The molecule has 3 N–H and O–H groups in total. The van der Waals surface area contributed by atoms with Gasteiger partial charge in [0.25, 0.3) is 0 Å². The molecule has 16 heavy (non-hydrogen) atoms. The highest BCUT2D eigenvalue weighted by Gasteiger charge is 2.34. The largest absolute Gasteiger partial charge is 0.401 e. The highest BCUT2D eigenvalue weighted by Crippen LogP contribution is 2.20. The minimum Gasteiger partial charge on any atom is -0.294 e. The van der Waals surface area contributed by atoms with Gasteiger partial charge in [-0.15, -0.1) is 0 Å². The van der Waals surface area contributed by atoms with Crippen molar-refractivity contribution in [3.63, 3.8) is 0 Å². The van der Waals surface area contributed by atoms with Gasteiger partial charge in [-0.2, -0.15) is 13.2 Å². The van der Waals surface area contributed by atoms with E-state index in [1.54, 1.807) is 20.8 Å². The van der Waals surface area contributed by atoms with Gasteiger partial charge in [-0.05, 0) is 20.8 Å². The number of amides is 1. The topological polar surface area (TPSA) is 58.4 Å². The van der Waals surface area contributed by atoms with Gasteiger partial charge in [0.15, 0.2) is 0 Å². The molecule has 0 bridgehead atoms. The number of carbonyl (C=O) groups is 1. The minimum atomic E-state index is -4.27. The first-order chi connectivity index (χ1) is 7.17. The van der Waals surface area contributed by atoms with Crippen molar-refractivity contribution in [3.8, 4) is 0 Å². The Kier molecular flexibility index (Phi) is 5.74. The number of nitrogens with two attached hydrogens (primary N) is 1. The molecule has 0 aromatic rings. The number of carbonyl (C=O) groups excluding carboxylic acids is 1. The molecule has 0 rings (SSSR count). The first kappa shape index (κ1) is 15.2. The first-order valence-electron chi connectivity index (χ1n) is 4.99. The molecule has 0 aliphatic heterocycles. The number of halogens is 3. The van der Waals surface area contributed by atoms with Crippen molar-refractivity contribution < 1.29 is 18.0 Å². The Hall–Kier alpha value is -0.820. The second kappa shape index (κ2) is 6.05. The number of nitrogens with one attached hydrogen (secondary N) is 1. The quantitative estimate of drug-likeness (QED) is 0.429. The summed E-state index contributed by atoms with van der Waals surface area (Å²) < 4.78 is 36.8. The predicted octanol–water partition coefficient (Wildman–Crippen LogP) is 1.03. The van der Waals surface area contributed by atoms with E-state index in [-0.39, 0.29) is 12.5 Å². The summed E-state index contributed by atoms with van der Waals surface area (Å²) in [5, 5.41) is 0. The number of alkyl halides is 3. The lowest BCUT2D eigenvalue weighted by molar-refractivity contribution is -0.156. The van der Waals surface area contributed by atoms with Gasteiger partial charge in [0, 0.05) is 18.5 Å². The number of hydrazine groups is 1. The van der Waals surface area contributed by atoms with Crippen LogP contribution in [-0.4, -0.2) is 35.6 Å². The van der Waals surface area contributed by atoms with Crippen molar-refractivity contribution in [1.29, 1.82) is 0 Å². The average Bonchev–Trinajstić information content (AvgIpc) is 2.12. The van der Waals surface area contributed by atoms with Gasteiger partial charge in [-0.3, -0.25) is 15.1 Å². The van der Waals surface area contributed by atoms with Crippen LogP contribution in [-0.2, 0) is 4.79 Å². The fourth-order valence-electron chi connectivity index (χ4n) is 1.50. The van der Waals surface area contributed by atoms with E-state index in [0.717, 1.165) is 0 Å². The van der Waals surface area contributed by atoms with E-state index in [2.05, 4.69) is 0 Å². The summed E-state index contributed by atoms with van der Waals surface area (Å²) in [5.41, 5.74) is 1.91. The molecule has 0 aliphatic carbocycles. The molecule has 0 heterocycles. The van der Waals surface area contributed by atoms with E-state index in [9.17, 15) is 18.0 Å². The van der Waals surface area contributed by atoms with Gasteiger partial charge in [-0.25, -0.2) is 5.84 Å². The number of nitrogens with zero attached hydrogens (tertiary/aromatic N) is 1. The molecule has 1 atom stereocenters. The van der Waals surface area contributed by atoms with Gasteiger partial charge in [0.2, 0.25) is 5.91 Å². The van der Waals surface area contributed by atoms with Crippen molar-refractivity contribution in [1.82, 2.24) is 10.3 Å². The van der Waals surface area contributed by atoms with Crippen molar-refractivity contribution >= 4 is 5.91 Å². The first-order valence-corrected chi connectivity index (χ1v) is 4.99. The van der Waals surface area contributed by atoms with Crippen molar-refractivity contribution in [2.45, 2.75) is 45.5 Å². The van der Waals surface area contributed by atoms with Crippen LogP contribution in [0.4, 0.5) is 13.2 Å². The van der Waals surface area contributed by atoms with Gasteiger partial charge < -0.3 is 0 Å². The third kappa shape index (κ3) is 5.92. The summed E-state index contributed by atoms with van der Waals surface area (Å²) in [4.78, 5) is 12.2. The van der Waals surface area contributed by atoms with Crippen LogP contribution in [0, 0.1) is 0 Å². The fraction of sp³-hybridized carbons (Fsp3) is 0.889. The third-order valence-corrected chi connectivity index (χ3v) is 2.23. The zero-order valence-corrected chi connectivity index (χ0v) is 9.64. The lowest BCUT2D eigenvalue weighted by atomic mass is 10.1. The van der Waals surface area contributed by atoms with Gasteiger partial charge >= 0.3 is 6.18 Å². The second-order valence-electron chi connectivity index (χ2n) is 4.00. The zero-order valence-electron chi connectivity index (χ0n) is 9.64. The van der Waals surface area contributed by atoms with Crippen LogP contribution in [0.1, 0.15) is 27.2 Å². The number of rotatable bonds is 5. The summed E-state index contributed by atoms with van der Waals surface area (Å²) in [5.74, 6) is 4.41. The third-order valence-electron chi connectivity index (χ3n) is 2.23. The molecule has 0 radical (unpaired) electrons. The van der Waals surface area contributed by atoms with Crippen LogP contribution in [0.5, 0.6) is 0 Å². The monoisotopic (exact) mass is 241 g/mol. The van der Waals surface area contributed by atoms with Crippen LogP contribution in [0.2, 0.25) is 0 Å². The van der Waals surface area contributed by atoms with Gasteiger partial charge in [-0.1, -0.05) is 0 Å². The summed E-state index contributed by atoms with van der Waals surface area (Å²) in [6.45, 7) is 3.86. The van der Waals surface area contributed by atoms with Gasteiger partial charge in [0.1, 0.15) is 0 Å². The van der Waals surface area contributed by atoms with Crippen molar-refractivity contribution in [2.24, 2.45) is 5.84 Å². The summed E-state index contributed by atoms with van der Waals surface area (Å²) in [6, 6.07) is -0.799. The molecule has 7 heteroatoms. The lowest BCUT2D eigenvalue weighted by Gasteiger charge is -2.32. The zero-order chi connectivity index (χ0) is 12.9. The highest BCUT2D eigenvalue weighted by molar-refractivity contribution is 5.75. The van der Waals surface area contributed by atoms with Gasteiger partial charge in [0.05, 0.1) is 6.54 Å². The van der Waals surface area contributed by atoms with Crippen LogP contribution in [0.15, 0.2) is 0 Å². The molecule has 4 nitrogen and oxygen atoms in total. The number of hydrogen-bond donors (Lipinski definition) is 2. The van der Waals surface area contributed by atoms with E-state index in [1.165, 1.54) is 4.90 Å². The molecular formula is C9H18F3N3O. The maximum absolute atomic E-state index is 12.3. The summed E-state index contributed by atoms with van der Waals surface area (Å²) in [6.07, 6.45) is -4.32. The molecule has 1 unspecified atom stereocenters. The molecule has 0 spiro atoms. The molecular weight excluding hydrogens is 223 g/mol. The van der Waals surface area contributed by atoms with E-state index >= 15 is 0 Å². The van der Waals surface area contributed by atoms with Crippen molar-refractivity contribution in [2.75, 3.05) is 6.54 Å². The number of hydrogen-bond acceptors (Lipinski definition) is 3. The van der Waals surface area contributed by atoms with Crippen molar-refractivity contribution in [3.05, 3.63) is 0 Å². The molecule has 0 aromatic heterocycles. The summed E-state index contributed by atoms with van der Waals surface area (Å²) in [7, 11) is 0. The Morgan fingerprint density at radius 2 is 1.88 bits per heavy atom. The van der Waals surface area contributed by atoms with E-state index in [1.807, 2.05) is 5.43 Å². The molecule has 0 saturated heterocycles. The van der Waals surface area contributed by atoms with E-state index in [4.69, 9.17) is 5.84 Å². The Balaban J connectivity index is 4.47. The predicted molar refractivity (Wildman–Crippen MR) is 54.3 cm³/mol. The maximum Gasteiger partial charge on any atom is 0.401 e. The molecule has 0 aromatic carbocycles. The van der Waals surface area contributed by atoms with Crippen LogP contribution >= 0.6 is 0 Å². The van der Waals surface area contributed by atoms with Crippen LogP contribution in [0.25, 0.3) is 0 Å². The Labute approximate surface area is 92.9 Å². The smallest absolute Gasteiger partial charge is 0.294 e. The molecule has 0 saturated carbocycles. The molecule has 1 amide bonds. The minimum absolute atomic E-state index is 0.0508. The lowest BCUT2D eigenvalue weighted by Crippen LogP contribution is -2.47. The van der Waals surface area contributed by atoms with E-state index in [0.29, 0.717) is 0 Å². The van der Waals surface area contributed by atoms with E-state index < -0.39 is 24.7 Å². The van der Waals surface area contributed by atoms with Crippen LogP contribution < -0.4 is 11.3 Å². The van der Waals surface area contributed by atoms with Crippen LogP contribution in [0.3, 0.4) is 0 Å². The Morgan fingerprint density at radius 1 is 1.38 bits per heavy atom. The molecule has 96 valence electrons. The summed E-state index contributed by atoms with van der Waals surface area (Å²) >= 11 is 0. The fourth-order valence-corrected chi connectivity index (χ4v) is 1.50. The SMILES string of the molecule is CC(C)N(CC(F)(F)F)C(C)CC(=O)NN. The molecule has 0 fully saturated rings. The molecule has 0 aliphatic rings. The average molecular weight is 241 g/mol.